The maximum Gasteiger partial charge on any atom is 0.112 e. The number of aromatic nitrogens is 2. The van der Waals surface area contributed by atoms with Gasteiger partial charge in [-0.2, -0.15) is 30.3 Å². The van der Waals surface area contributed by atoms with Crippen LogP contribution in [0.25, 0.3) is 11.4 Å². The number of H-pyrrole nitrogens is 1. The Balaban J connectivity index is 0.000000720. The number of nitrogens with one attached hydrogen (secondary N) is 1. The molecule has 0 radical (unpaired) electrons. The van der Waals surface area contributed by atoms with Crippen molar-refractivity contribution in [2.75, 3.05) is 0 Å². The average Bonchev–Trinajstić information content (AvgIpc) is 2.58. The van der Waals surface area contributed by atoms with Crippen LogP contribution >= 0.6 is 0 Å². The van der Waals surface area contributed by atoms with E-state index in [9.17, 15) is 0 Å². The smallest absolute Gasteiger partial charge is 0.112 e. The van der Waals surface area contributed by atoms with Gasteiger partial charge in [0.25, 0.3) is 0 Å². The van der Waals surface area contributed by atoms with E-state index in [0.29, 0.717) is 0 Å². The van der Waals surface area contributed by atoms with Gasteiger partial charge < -0.3 is 4.98 Å². The molecule has 0 saturated heterocycles. The van der Waals surface area contributed by atoms with Gasteiger partial charge in [-0.15, -0.1) is 0 Å². The first kappa shape index (κ1) is 9.14. The average molecular weight is 209 g/mol. The molecule has 12 heavy (non-hydrogen) atoms. The first-order chi connectivity index (χ1) is 5.47. The van der Waals surface area contributed by atoms with Crippen LogP contribution in [0, 0.1) is 6.07 Å². The van der Waals surface area contributed by atoms with E-state index in [1.54, 1.807) is 6.20 Å². The molecule has 3 heteroatoms. The van der Waals surface area contributed by atoms with E-state index in [1.807, 2.05) is 30.5 Å². The SMILES string of the molecule is [Zn].[c-]1ccc(-c2ncc[nH]2)cc1. The van der Waals surface area contributed by atoms with Crippen molar-refractivity contribution in [2.24, 2.45) is 0 Å². The van der Waals surface area contributed by atoms with Gasteiger partial charge in [0.05, 0.1) is 0 Å². The molecular formula is C9H7N2Zn-. The fraction of sp³-hybridized carbons (Fsp3) is 0. The summed E-state index contributed by atoms with van der Waals surface area (Å²) in [4.78, 5) is 7.15. The molecule has 1 aromatic heterocycles. The van der Waals surface area contributed by atoms with Crippen LogP contribution < -0.4 is 0 Å². The minimum atomic E-state index is 0. The van der Waals surface area contributed by atoms with Crippen molar-refractivity contribution >= 4 is 0 Å². The minimum Gasteiger partial charge on any atom is -0.346 e. The maximum atomic E-state index is 4.12. The van der Waals surface area contributed by atoms with E-state index >= 15 is 0 Å². The molecule has 0 atom stereocenters. The summed E-state index contributed by atoms with van der Waals surface area (Å²) in [6.07, 6.45) is 3.55. The van der Waals surface area contributed by atoms with Gasteiger partial charge in [0.15, 0.2) is 0 Å². The van der Waals surface area contributed by atoms with Crippen LogP contribution in [0.2, 0.25) is 0 Å². The predicted molar refractivity (Wildman–Crippen MR) is 42.9 cm³/mol. The molecule has 0 aliphatic carbocycles. The molecule has 2 rings (SSSR count). The van der Waals surface area contributed by atoms with Gasteiger partial charge in [-0.05, 0) is 0 Å². The molecule has 2 aromatic rings. The molecule has 0 spiro atoms. The van der Waals surface area contributed by atoms with Crippen LogP contribution in [0.3, 0.4) is 0 Å². The molecule has 0 aliphatic rings. The monoisotopic (exact) mass is 207 g/mol. The van der Waals surface area contributed by atoms with Crippen molar-refractivity contribution in [3.8, 4) is 11.4 Å². The first-order valence-corrected chi connectivity index (χ1v) is 3.43. The molecule has 1 aromatic carbocycles. The zero-order valence-corrected chi connectivity index (χ0v) is 9.59. The number of benzene rings is 1. The Morgan fingerprint density at radius 1 is 1.25 bits per heavy atom. The van der Waals surface area contributed by atoms with Crippen molar-refractivity contribution in [2.45, 2.75) is 0 Å². The number of hydrogen-bond acceptors (Lipinski definition) is 1. The Kier molecular flexibility index (Phi) is 3.18. The molecule has 0 aliphatic heterocycles. The van der Waals surface area contributed by atoms with Crippen LogP contribution in [-0.2, 0) is 19.5 Å². The summed E-state index contributed by atoms with van der Waals surface area (Å²) in [6, 6.07) is 10.6. The van der Waals surface area contributed by atoms with Crippen LogP contribution in [0.15, 0.2) is 36.7 Å². The number of nitrogens with zero attached hydrogens (tertiary/aromatic N) is 1. The summed E-state index contributed by atoms with van der Waals surface area (Å²) in [5.41, 5.74) is 1.09. The summed E-state index contributed by atoms with van der Waals surface area (Å²) >= 11 is 0. The largest absolute Gasteiger partial charge is 0.346 e. The van der Waals surface area contributed by atoms with Crippen LogP contribution in [0.4, 0.5) is 0 Å². The fourth-order valence-electron chi connectivity index (χ4n) is 0.968. The third-order valence-corrected chi connectivity index (χ3v) is 1.49. The minimum absolute atomic E-state index is 0. The molecule has 56 valence electrons. The first-order valence-electron chi connectivity index (χ1n) is 3.43. The molecule has 0 fully saturated rings. The normalized spacial score (nSPS) is 9.00. The van der Waals surface area contributed by atoms with Crippen LogP contribution in [-0.4, -0.2) is 9.97 Å². The van der Waals surface area contributed by atoms with Gasteiger partial charge in [0.1, 0.15) is 5.82 Å². The second kappa shape index (κ2) is 4.17. The molecular weight excluding hydrogens is 202 g/mol. The zero-order valence-electron chi connectivity index (χ0n) is 6.62. The second-order valence-corrected chi connectivity index (χ2v) is 2.23. The fourth-order valence-corrected chi connectivity index (χ4v) is 0.968. The van der Waals surface area contributed by atoms with E-state index < -0.39 is 0 Å². The molecule has 1 heterocycles. The topological polar surface area (TPSA) is 28.7 Å². The van der Waals surface area contributed by atoms with E-state index in [4.69, 9.17) is 0 Å². The molecule has 0 saturated carbocycles. The van der Waals surface area contributed by atoms with Crippen LogP contribution in [0.1, 0.15) is 0 Å². The number of aromatic amines is 1. The van der Waals surface area contributed by atoms with Gasteiger partial charge >= 0.3 is 0 Å². The van der Waals surface area contributed by atoms with E-state index in [0.717, 1.165) is 11.4 Å². The Morgan fingerprint density at radius 2 is 2.00 bits per heavy atom. The van der Waals surface area contributed by atoms with Crippen molar-refractivity contribution < 1.29 is 19.5 Å². The summed E-state index contributed by atoms with van der Waals surface area (Å²) in [5, 5.41) is 0. The number of hydrogen-bond donors (Lipinski definition) is 1. The summed E-state index contributed by atoms with van der Waals surface area (Å²) in [6.45, 7) is 0. The van der Waals surface area contributed by atoms with Gasteiger partial charge in [-0.25, -0.2) is 4.98 Å². The van der Waals surface area contributed by atoms with Crippen molar-refractivity contribution in [3.05, 3.63) is 42.7 Å². The van der Waals surface area contributed by atoms with Gasteiger partial charge in [-0.3, -0.25) is 0 Å². The van der Waals surface area contributed by atoms with Crippen molar-refractivity contribution in [1.29, 1.82) is 0 Å². The van der Waals surface area contributed by atoms with Crippen molar-refractivity contribution in [3.63, 3.8) is 0 Å². The van der Waals surface area contributed by atoms with E-state index in [2.05, 4.69) is 16.0 Å². The molecule has 0 bridgehead atoms. The summed E-state index contributed by atoms with van der Waals surface area (Å²) < 4.78 is 0. The number of rotatable bonds is 1. The van der Waals surface area contributed by atoms with Gasteiger partial charge in [-0.1, -0.05) is 5.56 Å². The third kappa shape index (κ3) is 1.80. The molecule has 2 nitrogen and oxygen atoms in total. The maximum absolute atomic E-state index is 4.12. The molecule has 0 amide bonds. The van der Waals surface area contributed by atoms with E-state index in [1.165, 1.54) is 0 Å². The number of imidazole rings is 1. The summed E-state index contributed by atoms with van der Waals surface area (Å²) in [7, 11) is 0. The Morgan fingerprint density at radius 3 is 2.58 bits per heavy atom. The Hall–Kier alpha value is -0.947. The van der Waals surface area contributed by atoms with Gasteiger partial charge in [0.2, 0.25) is 0 Å². The standard InChI is InChI=1S/C9H7N2.Zn/c1-2-4-8(5-3-1)9-10-6-7-11-9;/h2-7H,(H,10,11);/q-1;. The van der Waals surface area contributed by atoms with Crippen molar-refractivity contribution in [1.82, 2.24) is 9.97 Å². The second-order valence-electron chi connectivity index (χ2n) is 2.23. The predicted octanol–water partition coefficient (Wildman–Crippen LogP) is 1.87. The third-order valence-electron chi connectivity index (χ3n) is 1.49. The van der Waals surface area contributed by atoms with E-state index in [-0.39, 0.29) is 19.5 Å². The van der Waals surface area contributed by atoms with Gasteiger partial charge in [0, 0.05) is 31.9 Å². The Labute approximate surface area is 83.8 Å². The van der Waals surface area contributed by atoms with Crippen LogP contribution in [0.5, 0.6) is 0 Å². The summed E-state index contributed by atoms with van der Waals surface area (Å²) in [5.74, 6) is 0.902. The Bertz CT molecular complexity index is 316. The quantitative estimate of drug-likeness (QED) is 0.563. The molecule has 1 N–H and O–H groups in total. The molecule has 0 unspecified atom stereocenters. The zero-order chi connectivity index (χ0) is 7.52.